The van der Waals surface area contributed by atoms with Gasteiger partial charge in [0.05, 0.1) is 19.0 Å². The number of methoxy groups -OCH3 is 1. The normalized spacial score (nSPS) is 10.6. The molecule has 0 spiro atoms. The second kappa shape index (κ2) is 5.65. The molecule has 2 heterocycles. The van der Waals surface area contributed by atoms with Crippen molar-refractivity contribution in [2.45, 2.75) is 19.8 Å². The van der Waals surface area contributed by atoms with Crippen LogP contribution in [-0.2, 0) is 0 Å². The summed E-state index contributed by atoms with van der Waals surface area (Å²) in [5, 5.41) is 3.06. The number of hydrogen-bond acceptors (Lipinski definition) is 5. The van der Waals surface area contributed by atoms with E-state index in [0.717, 1.165) is 22.9 Å². The Morgan fingerprint density at radius 1 is 1.16 bits per heavy atom. The van der Waals surface area contributed by atoms with Crippen LogP contribution in [0.3, 0.4) is 0 Å². The lowest BCUT2D eigenvalue weighted by atomic mass is 10.1. The molecule has 0 bridgehead atoms. The van der Waals surface area contributed by atoms with E-state index in [0.29, 0.717) is 5.75 Å². The van der Waals surface area contributed by atoms with Gasteiger partial charge in [-0.25, -0.2) is 9.97 Å². The Labute approximate surface area is 113 Å². The molecule has 100 valence electrons. The fourth-order valence-electron chi connectivity index (χ4n) is 1.67. The average Bonchev–Trinajstić information content (AvgIpc) is 2.46. The van der Waals surface area contributed by atoms with Crippen molar-refractivity contribution in [3.63, 3.8) is 0 Å². The minimum absolute atomic E-state index is 0.269. The van der Waals surface area contributed by atoms with Gasteiger partial charge in [0.1, 0.15) is 17.4 Å². The van der Waals surface area contributed by atoms with E-state index in [9.17, 15) is 0 Å². The summed E-state index contributed by atoms with van der Waals surface area (Å²) in [6.07, 6.45) is 3.45. The van der Waals surface area contributed by atoms with Gasteiger partial charge in [0.25, 0.3) is 0 Å². The lowest BCUT2D eigenvalue weighted by Crippen LogP contribution is -2.03. The number of nitrogens with one attached hydrogen (secondary N) is 1. The van der Waals surface area contributed by atoms with Crippen LogP contribution in [0.1, 0.15) is 25.6 Å². The largest absolute Gasteiger partial charge is 0.495 e. The van der Waals surface area contributed by atoms with Crippen molar-refractivity contribution in [1.82, 2.24) is 15.0 Å². The molecule has 0 amide bonds. The summed E-state index contributed by atoms with van der Waals surface area (Å²) in [5.41, 5.74) is 1.76. The molecule has 0 aromatic carbocycles. The monoisotopic (exact) mass is 258 g/mol. The molecule has 0 aliphatic carbocycles. The van der Waals surface area contributed by atoms with Crippen LogP contribution in [0.15, 0.2) is 24.5 Å². The number of pyridine rings is 1. The molecule has 0 radical (unpaired) electrons. The van der Waals surface area contributed by atoms with Gasteiger partial charge in [0.2, 0.25) is 0 Å². The van der Waals surface area contributed by atoms with Gasteiger partial charge in [-0.3, -0.25) is 4.98 Å². The molecule has 0 unspecified atom stereocenters. The highest BCUT2D eigenvalue weighted by molar-refractivity contribution is 5.63. The Bertz CT molecular complexity index is 569. The van der Waals surface area contributed by atoms with Crippen LogP contribution in [0.25, 0.3) is 11.3 Å². The van der Waals surface area contributed by atoms with Crippen LogP contribution in [-0.4, -0.2) is 29.1 Å². The maximum Gasteiger partial charge on any atom is 0.137 e. The zero-order valence-electron chi connectivity index (χ0n) is 11.6. The van der Waals surface area contributed by atoms with Crippen LogP contribution in [0.2, 0.25) is 0 Å². The van der Waals surface area contributed by atoms with E-state index in [2.05, 4.69) is 34.1 Å². The Kier molecular flexibility index (Phi) is 3.94. The molecule has 2 aromatic rings. The van der Waals surface area contributed by atoms with Gasteiger partial charge in [0, 0.05) is 30.8 Å². The van der Waals surface area contributed by atoms with Gasteiger partial charge in [-0.1, -0.05) is 13.8 Å². The topological polar surface area (TPSA) is 59.9 Å². The molecule has 5 heteroatoms. The smallest absolute Gasteiger partial charge is 0.137 e. The van der Waals surface area contributed by atoms with Crippen molar-refractivity contribution in [3.05, 3.63) is 30.4 Å². The summed E-state index contributed by atoms with van der Waals surface area (Å²) >= 11 is 0. The van der Waals surface area contributed by atoms with E-state index < -0.39 is 0 Å². The third kappa shape index (κ3) is 2.99. The maximum absolute atomic E-state index is 5.19. The number of nitrogens with zero attached hydrogens (tertiary/aromatic N) is 3. The van der Waals surface area contributed by atoms with Gasteiger partial charge in [-0.15, -0.1) is 0 Å². The highest BCUT2D eigenvalue weighted by atomic mass is 16.5. The van der Waals surface area contributed by atoms with Gasteiger partial charge in [-0.05, 0) is 6.07 Å². The summed E-state index contributed by atoms with van der Waals surface area (Å²) in [5.74, 6) is 2.60. The van der Waals surface area contributed by atoms with E-state index in [4.69, 9.17) is 4.74 Å². The van der Waals surface area contributed by atoms with Crippen molar-refractivity contribution < 1.29 is 4.74 Å². The molecule has 0 fully saturated rings. The minimum atomic E-state index is 0.269. The average molecular weight is 258 g/mol. The molecule has 1 N–H and O–H groups in total. The number of anilines is 1. The first kappa shape index (κ1) is 13.3. The van der Waals surface area contributed by atoms with Crippen molar-refractivity contribution >= 4 is 5.82 Å². The lowest BCUT2D eigenvalue weighted by molar-refractivity contribution is 0.413. The number of rotatable bonds is 4. The van der Waals surface area contributed by atoms with Crippen molar-refractivity contribution in [2.75, 3.05) is 19.5 Å². The Hall–Kier alpha value is -2.17. The van der Waals surface area contributed by atoms with Crippen molar-refractivity contribution in [2.24, 2.45) is 0 Å². The Balaban J connectivity index is 2.50. The SMILES string of the molecule is CNc1cc(-c2cncc(OC)c2)nc(C(C)C)n1. The van der Waals surface area contributed by atoms with E-state index in [1.54, 1.807) is 19.5 Å². The van der Waals surface area contributed by atoms with Crippen LogP contribution < -0.4 is 10.1 Å². The summed E-state index contributed by atoms with van der Waals surface area (Å²) in [7, 11) is 3.47. The zero-order chi connectivity index (χ0) is 13.8. The predicted molar refractivity (Wildman–Crippen MR) is 75.5 cm³/mol. The van der Waals surface area contributed by atoms with E-state index >= 15 is 0 Å². The number of aromatic nitrogens is 3. The summed E-state index contributed by atoms with van der Waals surface area (Å²) in [6.45, 7) is 4.14. The quantitative estimate of drug-likeness (QED) is 0.913. The first-order valence-electron chi connectivity index (χ1n) is 6.20. The first-order valence-corrected chi connectivity index (χ1v) is 6.20. The molecule has 0 aliphatic rings. The molecule has 0 saturated carbocycles. The molecule has 2 rings (SSSR count). The minimum Gasteiger partial charge on any atom is -0.495 e. The molecule has 2 aromatic heterocycles. The third-order valence-corrected chi connectivity index (χ3v) is 2.76. The Morgan fingerprint density at radius 2 is 1.95 bits per heavy atom. The van der Waals surface area contributed by atoms with E-state index in [1.807, 2.05) is 19.2 Å². The molecular weight excluding hydrogens is 240 g/mol. The molecule has 5 nitrogen and oxygen atoms in total. The first-order chi connectivity index (χ1) is 9.13. The second-order valence-electron chi connectivity index (χ2n) is 4.51. The fourth-order valence-corrected chi connectivity index (χ4v) is 1.67. The molecule has 19 heavy (non-hydrogen) atoms. The highest BCUT2D eigenvalue weighted by Crippen LogP contribution is 2.24. The highest BCUT2D eigenvalue weighted by Gasteiger charge is 2.09. The fraction of sp³-hybridized carbons (Fsp3) is 0.357. The van der Waals surface area contributed by atoms with Crippen molar-refractivity contribution in [3.8, 4) is 17.0 Å². The molecule has 0 saturated heterocycles. The van der Waals surface area contributed by atoms with Crippen LogP contribution in [0.4, 0.5) is 5.82 Å². The molecular formula is C14H18N4O. The molecule has 0 atom stereocenters. The summed E-state index contributed by atoms with van der Waals surface area (Å²) in [4.78, 5) is 13.2. The molecule has 0 aliphatic heterocycles. The predicted octanol–water partition coefficient (Wildman–Crippen LogP) is 2.71. The van der Waals surface area contributed by atoms with Gasteiger partial charge >= 0.3 is 0 Å². The summed E-state index contributed by atoms with van der Waals surface area (Å²) < 4.78 is 5.19. The zero-order valence-corrected chi connectivity index (χ0v) is 11.6. The Morgan fingerprint density at radius 3 is 2.58 bits per heavy atom. The summed E-state index contributed by atoms with van der Waals surface area (Å²) in [6, 6.07) is 3.82. The van der Waals surface area contributed by atoms with Gasteiger partial charge in [-0.2, -0.15) is 0 Å². The van der Waals surface area contributed by atoms with E-state index in [1.165, 1.54) is 0 Å². The number of hydrogen-bond donors (Lipinski definition) is 1. The number of ether oxygens (including phenoxy) is 1. The van der Waals surface area contributed by atoms with Gasteiger partial charge < -0.3 is 10.1 Å². The third-order valence-electron chi connectivity index (χ3n) is 2.76. The van der Waals surface area contributed by atoms with Crippen LogP contribution >= 0.6 is 0 Å². The van der Waals surface area contributed by atoms with Crippen molar-refractivity contribution in [1.29, 1.82) is 0 Å². The maximum atomic E-state index is 5.19. The van der Waals surface area contributed by atoms with E-state index in [-0.39, 0.29) is 5.92 Å². The second-order valence-corrected chi connectivity index (χ2v) is 4.51. The van der Waals surface area contributed by atoms with Gasteiger partial charge in [0.15, 0.2) is 0 Å². The standard InChI is InChI=1S/C14H18N4O/c1-9(2)14-17-12(6-13(15-3)18-14)10-5-11(19-4)8-16-7-10/h5-9H,1-4H3,(H,15,17,18). The van der Waals surface area contributed by atoms with Crippen LogP contribution in [0, 0.1) is 0 Å². The lowest BCUT2D eigenvalue weighted by Gasteiger charge is -2.10. The van der Waals surface area contributed by atoms with Crippen LogP contribution in [0.5, 0.6) is 5.75 Å².